The van der Waals surface area contributed by atoms with E-state index in [1.54, 1.807) is 6.07 Å². The van der Waals surface area contributed by atoms with Crippen molar-refractivity contribution in [3.8, 4) is 0 Å². The van der Waals surface area contributed by atoms with E-state index in [-0.39, 0.29) is 0 Å². The zero-order valence-electron chi connectivity index (χ0n) is 6.62. The summed E-state index contributed by atoms with van der Waals surface area (Å²) in [4.78, 5) is 0. The van der Waals surface area contributed by atoms with Crippen LogP contribution in [0.5, 0.6) is 0 Å². The fourth-order valence-corrected chi connectivity index (χ4v) is 1.36. The van der Waals surface area contributed by atoms with Crippen molar-refractivity contribution in [3.63, 3.8) is 0 Å². The molecular formula is C10H8BN. The van der Waals surface area contributed by atoms with E-state index in [9.17, 15) is 0 Å². The van der Waals surface area contributed by atoms with Gasteiger partial charge in [-0.1, -0.05) is 35.8 Å². The van der Waals surface area contributed by atoms with Crippen LogP contribution in [-0.4, -0.2) is 7.85 Å². The summed E-state index contributed by atoms with van der Waals surface area (Å²) in [6.45, 7) is 0. The fraction of sp³-hybridized carbons (Fsp3) is 0. The normalized spacial score (nSPS) is 10.3. The van der Waals surface area contributed by atoms with Crippen molar-refractivity contribution in [3.05, 3.63) is 36.4 Å². The standard InChI is InChI=1S/C10H8BN/c11-8-5-7-3-1-2-4-9(7)10(12)6-8/h1-6H,12H2. The number of fused-ring (bicyclic) bond motifs is 1. The van der Waals surface area contributed by atoms with Gasteiger partial charge in [-0.15, -0.1) is 0 Å². The van der Waals surface area contributed by atoms with Gasteiger partial charge in [0.1, 0.15) is 7.85 Å². The molecule has 0 aliphatic heterocycles. The second-order valence-corrected chi connectivity index (χ2v) is 2.83. The summed E-state index contributed by atoms with van der Waals surface area (Å²) in [6.07, 6.45) is 0. The Balaban J connectivity index is 2.89. The first-order chi connectivity index (χ1) is 5.77. The second-order valence-electron chi connectivity index (χ2n) is 2.83. The molecule has 0 aliphatic carbocycles. The van der Waals surface area contributed by atoms with Crippen LogP contribution in [0.25, 0.3) is 10.8 Å². The third-order valence-electron chi connectivity index (χ3n) is 1.92. The molecule has 2 radical (unpaired) electrons. The molecule has 0 spiro atoms. The van der Waals surface area contributed by atoms with Crippen molar-refractivity contribution < 1.29 is 0 Å². The highest BCUT2D eigenvalue weighted by molar-refractivity contribution is 6.33. The first-order valence-electron chi connectivity index (χ1n) is 3.81. The summed E-state index contributed by atoms with van der Waals surface area (Å²) in [5, 5.41) is 2.15. The molecule has 2 aromatic carbocycles. The van der Waals surface area contributed by atoms with Crippen molar-refractivity contribution in [2.45, 2.75) is 0 Å². The number of nitrogen functional groups attached to an aromatic ring is 1. The van der Waals surface area contributed by atoms with Crippen molar-refractivity contribution in [1.82, 2.24) is 0 Å². The van der Waals surface area contributed by atoms with Crippen LogP contribution in [0.15, 0.2) is 36.4 Å². The Labute approximate surface area is 72.6 Å². The SMILES string of the molecule is [B]c1cc(N)c2ccccc2c1. The number of hydrogen-bond acceptors (Lipinski definition) is 1. The minimum absolute atomic E-state index is 0.714. The highest BCUT2D eigenvalue weighted by atomic mass is 14.5. The fourth-order valence-electron chi connectivity index (χ4n) is 1.36. The Hall–Kier alpha value is -1.44. The molecule has 0 amide bonds. The minimum atomic E-state index is 0.714. The predicted octanol–water partition coefficient (Wildman–Crippen LogP) is 1.22. The summed E-state index contributed by atoms with van der Waals surface area (Å²) in [7, 11) is 5.64. The molecule has 0 unspecified atom stereocenters. The molecule has 2 aromatic rings. The molecule has 0 aliphatic rings. The lowest BCUT2D eigenvalue weighted by Crippen LogP contribution is -2.03. The highest BCUT2D eigenvalue weighted by Crippen LogP contribution is 2.18. The first-order valence-corrected chi connectivity index (χ1v) is 3.81. The zero-order valence-corrected chi connectivity index (χ0v) is 6.62. The van der Waals surface area contributed by atoms with E-state index in [1.165, 1.54) is 0 Å². The largest absolute Gasteiger partial charge is 0.398 e. The summed E-state index contributed by atoms with van der Waals surface area (Å²) >= 11 is 0. The maximum absolute atomic E-state index is 5.78. The van der Waals surface area contributed by atoms with E-state index in [4.69, 9.17) is 13.6 Å². The maximum Gasteiger partial charge on any atom is 0.113 e. The summed E-state index contributed by atoms with van der Waals surface area (Å²) in [6, 6.07) is 11.6. The van der Waals surface area contributed by atoms with Crippen LogP contribution in [0.4, 0.5) is 5.69 Å². The first kappa shape index (κ1) is 7.23. The van der Waals surface area contributed by atoms with E-state index < -0.39 is 0 Å². The van der Waals surface area contributed by atoms with Gasteiger partial charge < -0.3 is 5.73 Å². The number of rotatable bonds is 0. The lowest BCUT2D eigenvalue weighted by atomic mass is 9.92. The van der Waals surface area contributed by atoms with Gasteiger partial charge in [-0.2, -0.15) is 0 Å². The molecule has 1 nitrogen and oxygen atoms in total. The molecule has 0 heterocycles. The molecule has 0 aromatic heterocycles. The van der Waals surface area contributed by atoms with Gasteiger partial charge in [0.2, 0.25) is 0 Å². The second kappa shape index (κ2) is 2.56. The molecule has 56 valence electrons. The summed E-state index contributed by atoms with van der Waals surface area (Å²) in [5.41, 5.74) is 7.23. The van der Waals surface area contributed by atoms with Gasteiger partial charge in [0.25, 0.3) is 0 Å². The van der Waals surface area contributed by atoms with E-state index >= 15 is 0 Å². The van der Waals surface area contributed by atoms with Crippen LogP contribution in [0.2, 0.25) is 0 Å². The topological polar surface area (TPSA) is 26.0 Å². The highest BCUT2D eigenvalue weighted by Gasteiger charge is 1.96. The molecule has 0 bridgehead atoms. The molecule has 0 saturated carbocycles. The van der Waals surface area contributed by atoms with E-state index in [1.807, 2.05) is 30.3 Å². The van der Waals surface area contributed by atoms with Crippen LogP contribution in [0, 0.1) is 0 Å². The van der Waals surface area contributed by atoms with E-state index in [0.29, 0.717) is 5.46 Å². The van der Waals surface area contributed by atoms with Crippen LogP contribution in [0.1, 0.15) is 0 Å². The third-order valence-corrected chi connectivity index (χ3v) is 1.92. The van der Waals surface area contributed by atoms with E-state index in [0.717, 1.165) is 16.5 Å². The maximum atomic E-state index is 5.78. The number of nitrogens with two attached hydrogens (primary N) is 1. The van der Waals surface area contributed by atoms with Gasteiger partial charge in [-0.05, 0) is 11.5 Å². The molecule has 2 rings (SSSR count). The van der Waals surface area contributed by atoms with E-state index in [2.05, 4.69) is 0 Å². The average Bonchev–Trinajstić information content (AvgIpc) is 2.04. The number of anilines is 1. The van der Waals surface area contributed by atoms with Gasteiger partial charge in [-0.25, -0.2) is 0 Å². The average molecular weight is 153 g/mol. The Kier molecular flexibility index (Phi) is 1.54. The van der Waals surface area contributed by atoms with Crippen molar-refractivity contribution in [2.24, 2.45) is 0 Å². The molecule has 2 N–H and O–H groups in total. The van der Waals surface area contributed by atoms with Gasteiger partial charge in [0, 0.05) is 11.1 Å². The predicted molar refractivity (Wildman–Crippen MR) is 53.7 cm³/mol. The monoisotopic (exact) mass is 153 g/mol. The van der Waals surface area contributed by atoms with Crippen molar-refractivity contribution in [1.29, 1.82) is 0 Å². The van der Waals surface area contributed by atoms with Gasteiger partial charge in [0.15, 0.2) is 0 Å². The molecule has 0 saturated heterocycles. The minimum Gasteiger partial charge on any atom is -0.398 e. The summed E-state index contributed by atoms with van der Waals surface area (Å²) in [5.74, 6) is 0. The molecule has 2 heteroatoms. The smallest absolute Gasteiger partial charge is 0.113 e. The molecule has 12 heavy (non-hydrogen) atoms. The Bertz CT molecular complexity index is 423. The number of hydrogen-bond donors (Lipinski definition) is 1. The molecular weight excluding hydrogens is 145 g/mol. The summed E-state index contributed by atoms with van der Waals surface area (Å²) < 4.78 is 0. The number of benzene rings is 2. The van der Waals surface area contributed by atoms with Gasteiger partial charge >= 0.3 is 0 Å². The van der Waals surface area contributed by atoms with Gasteiger partial charge in [-0.3, -0.25) is 0 Å². The van der Waals surface area contributed by atoms with Crippen LogP contribution >= 0.6 is 0 Å². The third kappa shape index (κ3) is 1.05. The Morgan fingerprint density at radius 3 is 2.67 bits per heavy atom. The van der Waals surface area contributed by atoms with Gasteiger partial charge in [0.05, 0.1) is 0 Å². The van der Waals surface area contributed by atoms with Crippen LogP contribution in [-0.2, 0) is 0 Å². The van der Waals surface area contributed by atoms with Crippen molar-refractivity contribution >= 4 is 29.8 Å². The molecule has 0 atom stereocenters. The van der Waals surface area contributed by atoms with Crippen molar-refractivity contribution in [2.75, 3.05) is 5.73 Å². The Morgan fingerprint density at radius 2 is 1.83 bits per heavy atom. The Morgan fingerprint density at radius 1 is 1.08 bits per heavy atom. The quantitative estimate of drug-likeness (QED) is 0.446. The lowest BCUT2D eigenvalue weighted by molar-refractivity contribution is 1.76. The lowest BCUT2D eigenvalue weighted by Gasteiger charge is -2.02. The van der Waals surface area contributed by atoms with Crippen LogP contribution < -0.4 is 11.2 Å². The van der Waals surface area contributed by atoms with Crippen LogP contribution in [0.3, 0.4) is 0 Å². The zero-order chi connectivity index (χ0) is 8.55. The molecule has 0 fully saturated rings.